The molecule has 84 valence electrons. The molecule has 0 amide bonds. The van der Waals surface area contributed by atoms with Crippen LogP contribution in [0.15, 0.2) is 12.5 Å². The van der Waals surface area contributed by atoms with Crippen LogP contribution >= 0.6 is 11.6 Å². The summed E-state index contributed by atoms with van der Waals surface area (Å²) < 4.78 is 0. The highest BCUT2D eigenvalue weighted by Crippen LogP contribution is 2.20. The van der Waals surface area contributed by atoms with Crippen LogP contribution in [0.25, 0.3) is 0 Å². The first-order chi connectivity index (χ1) is 7.68. The number of H-pyrrole nitrogens is 1. The van der Waals surface area contributed by atoms with Crippen LogP contribution in [-0.4, -0.2) is 20.2 Å². The van der Waals surface area contributed by atoms with Gasteiger partial charge in [0.1, 0.15) is 0 Å². The summed E-state index contributed by atoms with van der Waals surface area (Å²) >= 11 is 5.87. The lowest BCUT2D eigenvalue weighted by Crippen LogP contribution is -2.06. The number of hydrogen-bond donors (Lipinski definition) is 2. The molecule has 6 heteroatoms. The molecule has 2 aromatic rings. The van der Waals surface area contributed by atoms with E-state index in [4.69, 9.17) is 11.6 Å². The first-order valence-electron chi connectivity index (χ1n) is 4.89. The van der Waals surface area contributed by atoms with Gasteiger partial charge in [0.25, 0.3) is 0 Å². The van der Waals surface area contributed by atoms with Crippen molar-refractivity contribution in [1.29, 1.82) is 0 Å². The number of rotatable bonds is 3. The van der Waals surface area contributed by atoms with Crippen molar-refractivity contribution in [2.75, 3.05) is 5.32 Å². The molecule has 0 aliphatic rings. The summed E-state index contributed by atoms with van der Waals surface area (Å²) in [7, 11) is 0. The van der Waals surface area contributed by atoms with Gasteiger partial charge in [-0.05, 0) is 25.0 Å². The fourth-order valence-electron chi connectivity index (χ4n) is 1.30. The van der Waals surface area contributed by atoms with Gasteiger partial charge in [0.15, 0.2) is 11.0 Å². The summed E-state index contributed by atoms with van der Waals surface area (Å²) in [6, 6.07) is 0. The van der Waals surface area contributed by atoms with Gasteiger partial charge in [-0.1, -0.05) is 11.6 Å². The van der Waals surface area contributed by atoms with Crippen LogP contribution < -0.4 is 5.32 Å². The second kappa shape index (κ2) is 4.49. The monoisotopic (exact) mass is 237 g/mol. The number of anilines is 1. The summed E-state index contributed by atoms with van der Waals surface area (Å²) in [5.41, 5.74) is 2.96. The molecule has 0 radical (unpaired) electrons. The molecule has 0 atom stereocenters. The standard InChI is InChI=1S/C10H12ClN5/c1-6-7(2)10(16-15-9(6)11)13-4-8-3-12-5-14-8/h3,5H,4H2,1-2H3,(H,12,14)(H,13,16). The molecule has 2 heterocycles. The van der Waals surface area contributed by atoms with Gasteiger partial charge >= 0.3 is 0 Å². The largest absolute Gasteiger partial charge is 0.363 e. The van der Waals surface area contributed by atoms with Crippen molar-refractivity contribution < 1.29 is 0 Å². The maximum absolute atomic E-state index is 5.87. The average Bonchev–Trinajstić information content (AvgIpc) is 2.78. The fraction of sp³-hybridized carbons (Fsp3) is 0.300. The van der Waals surface area contributed by atoms with E-state index in [2.05, 4.69) is 25.5 Å². The van der Waals surface area contributed by atoms with Gasteiger partial charge in [-0.15, -0.1) is 10.2 Å². The molecule has 0 aliphatic heterocycles. The number of halogens is 1. The molecular formula is C10H12ClN5. The molecule has 2 rings (SSSR count). The topological polar surface area (TPSA) is 66.5 Å². The third-order valence-corrected chi connectivity index (χ3v) is 2.83. The first-order valence-corrected chi connectivity index (χ1v) is 5.27. The van der Waals surface area contributed by atoms with Crippen LogP contribution in [0, 0.1) is 13.8 Å². The predicted octanol–water partition coefficient (Wildman–Crippen LogP) is 2.08. The minimum absolute atomic E-state index is 0.449. The van der Waals surface area contributed by atoms with E-state index in [0.717, 1.165) is 22.6 Å². The number of hydrogen-bond acceptors (Lipinski definition) is 4. The molecule has 0 fully saturated rings. The molecule has 2 aromatic heterocycles. The van der Waals surface area contributed by atoms with Crippen LogP contribution in [0.5, 0.6) is 0 Å². The Morgan fingerprint density at radius 3 is 2.81 bits per heavy atom. The normalized spacial score (nSPS) is 10.4. The van der Waals surface area contributed by atoms with Gasteiger partial charge in [0, 0.05) is 6.20 Å². The van der Waals surface area contributed by atoms with Gasteiger partial charge in [0.2, 0.25) is 0 Å². The maximum atomic E-state index is 5.87. The lowest BCUT2D eigenvalue weighted by atomic mass is 10.2. The number of nitrogens with zero attached hydrogens (tertiary/aromatic N) is 3. The van der Waals surface area contributed by atoms with Gasteiger partial charge in [-0.3, -0.25) is 0 Å². The second-order valence-corrected chi connectivity index (χ2v) is 3.88. The second-order valence-electron chi connectivity index (χ2n) is 3.52. The number of aromatic nitrogens is 4. The number of aromatic amines is 1. The Morgan fingerprint density at radius 2 is 2.12 bits per heavy atom. The van der Waals surface area contributed by atoms with Crippen LogP contribution in [0.1, 0.15) is 16.8 Å². The molecule has 16 heavy (non-hydrogen) atoms. The van der Waals surface area contributed by atoms with E-state index >= 15 is 0 Å². The van der Waals surface area contributed by atoms with Crippen molar-refractivity contribution >= 4 is 17.4 Å². The lowest BCUT2D eigenvalue weighted by Gasteiger charge is -2.09. The van der Waals surface area contributed by atoms with Crippen molar-refractivity contribution in [3.63, 3.8) is 0 Å². The Morgan fingerprint density at radius 1 is 1.31 bits per heavy atom. The Kier molecular flexibility index (Phi) is 3.05. The lowest BCUT2D eigenvalue weighted by molar-refractivity contribution is 0.961. The minimum atomic E-state index is 0.449. The Labute approximate surface area is 98.3 Å². The van der Waals surface area contributed by atoms with Gasteiger partial charge in [-0.25, -0.2) is 4.98 Å². The molecule has 0 saturated heterocycles. The molecule has 0 aromatic carbocycles. The average molecular weight is 238 g/mol. The summed E-state index contributed by atoms with van der Waals surface area (Å²) in [6.45, 7) is 4.52. The molecular weight excluding hydrogens is 226 g/mol. The molecule has 0 unspecified atom stereocenters. The van der Waals surface area contributed by atoms with Gasteiger partial charge in [0.05, 0.1) is 18.6 Å². The quantitative estimate of drug-likeness (QED) is 0.858. The van der Waals surface area contributed by atoms with E-state index in [0.29, 0.717) is 11.7 Å². The summed E-state index contributed by atoms with van der Waals surface area (Å²) in [4.78, 5) is 6.94. The number of nitrogens with one attached hydrogen (secondary N) is 2. The highest BCUT2D eigenvalue weighted by atomic mass is 35.5. The molecule has 0 spiro atoms. The highest BCUT2D eigenvalue weighted by Gasteiger charge is 2.07. The third kappa shape index (κ3) is 2.14. The zero-order chi connectivity index (χ0) is 11.5. The fourth-order valence-corrected chi connectivity index (χ4v) is 1.48. The van der Waals surface area contributed by atoms with Crippen molar-refractivity contribution in [2.45, 2.75) is 20.4 Å². The van der Waals surface area contributed by atoms with E-state index in [9.17, 15) is 0 Å². The summed E-state index contributed by atoms with van der Waals surface area (Å²) in [5.74, 6) is 0.747. The minimum Gasteiger partial charge on any atom is -0.363 e. The molecule has 5 nitrogen and oxygen atoms in total. The molecule has 0 bridgehead atoms. The van der Waals surface area contributed by atoms with Crippen LogP contribution in [0.3, 0.4) is 0 Å². The Hall–Kier alpha value is -1.62. The van der Waals surface area contributed by atoms with Crippen LogP contribution in [0.2, 0.25) is 5.15 Å². The zero-order valence-corrected chi connectivity index (χ0v) is 9.84. The Balaban J connectivity index is 2.13. The molecule has 0 saturated carbocycles. The van der Waals surface area contributed by atoms with E-state index in [1.807, 2.05) is 13.8 Å². The van der Waals surface area contributed by atoms with E-state index in [-0.39, 0.29) is 0 Å². The Bertz CT molecular complexity index is 480. The molecule has 0 aliphatic carbocycles. The van der Waals surface area contributed by atoms with Gasteiger partial charge in [-0.2, -0.15) is 0 Å². The van der Waals surface area contributed by atoms with Crippen molar-refractivity contribution in [1.82, 2.24) is 20.2 Å². The van der Waals surface area contributed by atoms with Crippen molar-refractivity contribution in [3.8, 4) is 0 Å². The number of imidazole rings is 1. The van der Waals surface area contributed by atoms with E-state index < -0.39 is 0 Å². The predicted molar refractivity (Wildman–Crippen MR) is 62.4 cm³/mol. The van der Waals surface area contributed by atoms with Crippen LogP contribution in [0.4, 0.5) is 5.82 Å². The summed E-state index contributed by atoms with van der Waals surface area (Å²) in [5, 5.41) is 11.5. The molecule has 2 N–H and O–H groups in total. The van der Waals surface area contributed by atoms with E-state index in [1.165, 1.54) is 0 Å². The first kappa shape index (κ1) is 10.9. The van der Waals surface area contributed by atoms with Crippen LogP contribution in [-0.2, 0) is 6.54 Å². The van der Waals surface area contributed by atoms with Gasteiger partial charge < -0.3 is 10.3 Å². The third-order valence-electron chi connectivity index (χ3n) is 2.47. The van der Waals surface area contributed by atoms with E-state index in [1.54, 1.807) is 12.5 Å². The zero-order valence-electron chi connectivity index (χ0n) is 9.08. The smallest absolute Gasteiger partial charge is 0.155 e. The summed E-state index contributed by atoms with van der Waals surface area (Å²) in [6.07, 6.45) is 3.40. The van der Waals surface area contributed by atoms with Crippen molar-refractivity contribution in [2.24, 2.45) is 0 Å². The maximum Gasteiger partial charge on any atom is 0.155 e. The van der Waals surface area contributed by atoms with Crippen molar-refractivity contribution in [3.05, 3.63) is 34.5 Å². The SMILES string of the molecule is Cc1c(Cl)nnc(NCc2cnc[nH]2)c1C. The highest BCUT2D eigenvalue weighted by molar-refractivity contribution is 6.30.